The van der Waals surface area contributed by atoms with Gasteiger partial charge < -0.3 is 0 Å². The van der Waals surface area contributed by atoms with Crippen LogP contribution in [-0.4, -0.2) is 4.98 Å². The van der Waals surface area contributed by atoms with Crippen LogP contribution >= 0.6 is 43.5 Å². The van der Waals surface area contributed by atoms with Crippen LogP contribution in [0.4, 0.5) is 0 Å². The van der Waals surface area contributed by atoms with Gasteiger partial charge in [-0.2, -0.15) is 0 Å². The van der Waals surface area contributed by atoms with Gasteiger partial charge in [-0.1, -0.05) is 11.6 Å². The Morgan fingerprint density at radius 3 is 2.44 bits per heavy atom. The van der Waals surface area contributed by atoms with Crippen LogP contribution in [0.25, 0.3) is 0 Å². The van der Waals surface area contributed by atoms with Crippen LogP contribution in [0.15, 0.2) is 21.3 Å². The Balaban J connectivity index is 3.17. The summed E-state index contributed by atoms with van der Waals surface area (Å²) < 4.78 is 1.44. The zero-order valence-electron chi connectivity index (χ0n) is 4.24. The Bertz CT molecular complexity index is 226. The van der Waals surface area contributed by atoms with Crippen molar-refractivity contribution in [2.24, 2.45) is 0 Å². The van der Waals surface area contributed by atoms with Crippen molar-refractivity contribution in [3.8, 4) is 0 Å². The second kappa shape index (κ2) is 2.99. The minimum Gasteiger partial charge on any atom is -0.232 e. The summed E-state index contributed by atoms with van der Waals surface area (Å²) in [5.74, 6) is 0. The van der Waals surface area contributed by atoms with Crippen molar-refractivity contribution < 1.29 is 0 Å². The molecule has 0 unspecified atom stereocenters. The summed E-state index contributed by atoms with van der Waals surface area (Å²) in [5, 5.41) is 0.623. The van der Waals surface area contributed by atoms with Crippen LogP contribution in [0.2, 0.25) is 5.02 Å². The van der Waals surface area contributed by atoms with Crippen LogP contribution in [0.5, 0.6) is 0 Å². The van der Waals surface area contributed by atoms with Gasteiger partial charge in [0.15, 0.2) is 0 Å². The highest BCUT2D eigenvalue weighted by Crippen LogP contribution is 2.21. The highest BCUT2D eigenvalue weighted by atomic mass is 79.9. The molecule has 0 aromatic carbocycles. The van der Waals surface area contributed by atoms with E-state index in [1.807, 2.05) is 0 Å². The number of hydrogen-bond acceptors (Lipinski definition) is 1. The van der Waals surface area contributed by atoms with Gasteiger partial charge in [-0.05, 0) is 44.0 Å². The minimum absolute atomic E-state index is 0.623. The first-order valence-corrected chi connectivity index (χ1v) is 4.14. The molecule has 9 heavy (non-hydrogen) atoms. The Kier molecular flexibility index (Phi) is 2.50. The third kappa shape index (κ3) is 1.92. The molecule has 0 aliphatic carbocycles. The van der Waals surface area contributed by atoms with Crippen LogP contribution in [-0.2, 0) is 0 Å². The SMILES string of the molecule is Clc1ccc(Br)nc1Br. The van der Waals surface area contributed by atoms with E-state index in [9.17, 15) is 0 Å². The number of hydrogen-bond donors (Lipinski definition) is 0. The molecule has 0 amide bonds. The fourth-order valence-electron chi connectivity index (χ4n) is 0.395. The predicted octanol–water partition coefficient (Wildman–Crippen LogP) is 3.26. The fourth-order valence-corrected chi connectivity index (χ4v) is 1.37. The maximum Gasteiger partial charge on any atom is 0.126 e. The van der Waals surface area contributed by atoms with Gasteiger partial charge >= 0.3 is 0 Å². The molecule has 0 bridgehead atoms. The minimum atomic E-state index is 0.623. The summed E-state index contributed by atoms with van der Waals surface area (Å²) in [6, 6.07) is 3.55. The Labute approximate surface area is 74.7 Å². The normalized spacial score (nSPS) is 9.67. The smallest absolute Gasteiger partial charge is 0.126 e. The second-order valence-electron chi connectivity index (χ2n) is 1.41. The molecule has 1 nitrogen and oxygen atoms in total. The highest BCUT2D eigenvalue weighted by Gasteiger charge is 1.95. The number of nitrogens with zero attached hydrogens (tertiary/aromatic N) is 1. The average molecular weight is 271 g/mol. The van der Waals surface area contributed by atoms with E-state index in [1.54, 1.807) is 12.1 Å². The topological polar surface area (TPSA) is 12.9 Å². The number of rotatable bonds is 0. The standard InChI is InChI=1S/C5H2Br2ClN/c6-4-2-1-3(8)5(7)9-4/h1-2H. The van der Waals surface area contributed by atoms with Crippen molar-refractivity contribution >= 4 is 43.5 Å². The molecule has 0 fully saturated rings. The molecule has 48 valence electrons. The molecule has 0 N–H and O–H groups in total. The fraction of sp³-hybridized carbons (Fsp3) is 0. The van der Waals surface area contributed by atoms with E-state index in [2.05, 4.69) is 36.8 Å². The van der Waals surface area contributed by atoms with E-state index < -0.39 is 0 Å². The summed E-state index contributed by atoms with van der Waals surface area (Å²) in [5.41, 5.74) is 0. The third-order valence-corrected chi connectivity index (χ3v) is 2.35. The van der Waals surface area contributed by atoms with E-state index in [1.165, 1.54) is 0 Å². The van der Waals surface area contributed by atoms with E-state index in [4.69, 9.17) is 11.6 Å². The molecule has 1 rings (SSSR count). The van der Waals surface area contributed by atoms with Crippen molar-refractivity contribution in [2.45, 2.75) is 0 Å². The zero-order chi connectivity index (χ0) is 6.85. The van der Waals surface area contributed by atoms with Crippen LogP contribution < -0.4 is 0 Å². The maximum atomic E-state index is 5.65. The number of aromatic nitrogens is 1. The lowest BCUT2D eigenvalue weighted by molar-refractivity contribution is 1.23. The van der Waals surface area contributed by atoms with E-state index >= 15 is 0 Å². The highest BCUT2D eigenvalue weighted by molar-refractivity contribution is 9.11. The molecule has 1 aromatic heterocycles. The first kappa shape index (κ1) is 7.51. The Morgan fingerprint density at radius 1 is 1.33 bits per heavy atom. The first-order valence-electron chi connectivity index (χ1n) is 2.17. The van der Waals surface area contributed by atoms with Crippen molar-refractivity contribution in [2.75, 3.05) is 0 Å². The molecular weight excluding hydrogens is 269 g/mol. The third-order valence-electron chi connectivity index (χ3n) is 0.769. The lowest BCUT2D eigenvalue weighted by Crippen LogP contribution is -1.76. The van der Waals surface area contributed by atoms with Gasteiger partial charge in [0.1, 0.15) is 9.21 Å². The molecule has 0 atom stereocenters. The molecule has 0 spiro atoms. The molecule has 0 saturated carbocycles. The quantitative estimate of drug-likeness (QED) is 0.660. The first-order chi connectivity index (χ1) is 4.20. The molecule has 1 aromatic rings. The molecule has 0 radical (unpaired) electrons. The number of halogens is 3. The van der Waals surface area contributed by atoms with Crippen molar-refractivity contribution in [1.82, 2.24) is 4.98 Å². The van der Waals surface area contributed by atoms with Crippen molar-refractivity contribution in [3.63, 3.8) is 0 Å². The maximum absolute atomic E-state index is 5.65. The summed E-state index contributed by atoms with van der Waals surface area (Å²) in [7, 11) is 0. The van der Waals surface area contributed by atoms with Gasteiger partial charge in [-0.25, -0.2) is 4.98 Å². The Morgan fingerprint density at radius 2 is 2.00 bits per heavy atom. The van der Waals surface area contributed by atoms with Crippen LogP contribution in [0.3, 0.4) is 0 Å². The largest absolute Gasteiger partial charge is 0.232 e. The molecule has 1 heterocycles. The summed E-state index contributed by atoms with van der Waals surface area (Å²) in [6.45, 7) is 0. The van der Waals surface area contributed by atoms with Crippen molar-refractivity contribution in [1.29, 1.82) is 0 Å². The molecule has 0 aliphatic rings. The van der Waals surface area contributed by atoms with Gasteiger partial charge in [0.05, 0.1) is 5.02 Å². The molecular formula is C5H2Br2ClN. The predicted molar refractivity (Wildman–Crippen MR) is 44.6 cm³/mol. The lowest BCUT2D eigenvalue weighted by Gasteiger charge is -1.92. The van der Waals surface area contributed by atoms with Gasteiger partial charge in [-0.15, -0.1) is 0 Å². The van der Waals surface area contributed by atoms with Gasteiger partial charge in [-0.3, -0.25) is 0 Å². The van der Waals surface area contributed by atoms with Crippen LogP contribution in [0.1, 0.15) is 0 Å². The molecule has 0 saturated heterocycles. The van der Waals surface area contributed by atoms with Gasteiger partial charge in [0, 0.05) is 0 Å². The Hall–Kier alpha value is 0.400. The van der Waals surface area contributed by atoms with Gasteiger partial charge in [0.25, 0.3) is 0 Å². The second-order valence-corrected chi connectivity index (χ2v) is 3.38. The summed E-state index contributed by atoms with van der Waals surface area (Å²) in [4.78, 5) is 3.97. The lowest BCUT2D eigenvalue weighted by atomic mass is 10.5. The summed E-state index contributed by atoms with van der Waals surface area (Å²) >= 11 is 12.0. The molecule has 0 aliphatic heterocycles. The number of pyridine rings is 1. The van der Waals surface area contributed by atoms with Crippen molar-refractivity contribution in [3.05, 3.63) is 26.4 Å². The zero-order valence-corrected chi connectivity index (χ0v) is 8.16. The van der Waals surface area contributed by atoms with E-state index in [-0.39, 0.29) is 0 Å². The van der Waals surface area contributed by atoms with Gasteiger partial charge in [0.2, 0.25) is 0 Å². The molecule has 4 heteroatoms. The van der Waals surface area contributed by atoms with E-state index in [0.29, 0.717) is 9.63 Å². The van der Waals surface area contributed by atoms with E-state index in [0.717, 1.165) is 4.60 Å². The summed E-state index contributed by atoms with van der Waals surface area (Å²) in [6.07, 6.45) is 0. The average Bonchev–Trinajstić information content (AvgIpc) is 1.80. The monoisotopic (exact) mass is 269 g/mol. The van der Waals surface area contributed by atoms with Crippen LogP contribution in [0, 0.1) is 0 Å².